The third-order valence-electron chi connectivity index (χ3n) is 4.14. The molecule has 0 saturated carbocycles. The summed E-state index contributed by atoms with van der Waals surface area (Å²) >= 11 is 0. The summed E-state index contributed by atoms with van der Waals surface area (Å²) in [6, 6.07) is 0.543. The van der Waals surface area contributed by atoms with Crippen molar-refractivity contribution in [1.82, 2.24) is 15.1 Å². The van der Waals surface area contributed by atoms with Gasteiger partial charge in [-0.3, -0.25) is 4.90 Å². The Balaban J connectivity index is 2.31. The highest BCUT2D eigenvalue weighted by Gasteiger charge is 2.24. The maximum atomic E-state index is 9.03. The molecule has 0 amide bonds. The number of aromatic nitrogens is 2. The summed E-state index contributed by atoms with van der Waals surface area (Å²) in [6.07, 6.45) is 0. The second-order valence-corrected chi connectivity index (χ2v) is 5.71. The molecule has 0 aliphatic carbocycles. The maximum absolute atomic E-state index is 9.03. The average Bonchev–Trinajstić information content (AvgIpc) is 2.49. The van der Waals surface area contributed by atoms with Gasteiger partial charge in [-0.1, -0.05) is 5.16 Å². The van der Waals surface area contributed by atoms with Crippen LogP contribution >= 0.6 is 0 Å². The van der Waals surface area contributed by atoms with Crippen LogP contribution < -0.4 is 10.6 Å². The van der Waals surface area contributed by atoms with E-state index in [2.05, 4.69) is 39.0 Å². The van der Waals surface area contributed by atoms with Crippen LogP contribution in [0.1, 0.15) is 30.7 Å². The van der Waals surface area contributed by atoms with Crippen LogP contribution in [-0.2, 0) is 0 Å². The van der Waals surface area contributed by atoms with Crippen LogP contribution in [0.15, 0.2) is 5.16 Å². The van der Waals surface area contributed by atoms with Crippen molar-refractivity contribution >= 4 is 11.7 Å². The molecule has 0 aromatic carbocycles. The quantitative estimate of drug-likeness (QED) is 0.369. The van der Waals surface area contributed by atoms with Gasteiger partial charge in [-0.05, 0) is 33.3 Å². The van der Waals surface area contributed by atoms with Crippen molar-refractivity contribution in [2.24, 2.45) is 10.9 Å². The van der Waals surface area contributed by atoms with E-state index in [-0.39, 0.29) is 5.84 Å². The van der Waals surface area contributed by atoms with Gasteiger partial charge in [0.25, 0.3) is 0 Å². The van der Waals surface area contributed by atoms with E-state index in [0.29, 0.717) is 17.4 Å². The second kappa shape index (κ2) is 6.26. The van der Waals surface area contributed by atoms with Crippen LogP contribution in [0.2, 0.25) is 0 Å². The highest BCUT2D eigenvalue weighted by Crippen LogP contribution is 2.23. The Morgan fingerprint density at radius 1 is 1.19 bits per heavy atom. The van der Waals surface area contributed by atoms with Gasteiger partial charge in [0.05, 0.1) is 11.3 Å². The lowest BCUT2D eigenvalue weighted by atomic mass is 10.1. The zero-order chi connectivity index (χ0) is 15.6. The highest BCUT2D eigenvalue weighted by atomic mass is 16.4. The molecule has 1 fully saturated rings. The Labute approximate surface area is 125 Å². The molecule has 21 heavy (non-hydrogen) atoms. The zero-order valence-electron chi connectivity index (χ0n) is 13.2. The number of hydrogen-bond donors (Lipinski definition) is 2. The minimum Gasteiger partial charge on any atom is -0.409 e. The Morgan fingerprint density at radius 2 is 1.81 bits per heavy atom. The summed E-state index contributed by atoms with van der Waals surface area (Å²) in [7, 11) is 0. The minimum atomic E-state index is 0.0896. The molecule has 0 unspecified atom stereocenters. The smallest absolute Gasteiger partial charge is 0.174 e. The summed E-state index contributed by atoms with van der Waals surface area (Å²) in [5.41, 5.74) is 8.22. The monoisotopic (exact) mass is 292 g/mol. The first-order chi connectivity index (χ1) is 9.95. The van der Waals surface area contributed by atoms with Gasteiger partial charge >= 0.3 is 0 Å². The lowest BCUT2D eigenvalue weighted by Gasteiger charge is -2.38. The second-order valence-electron chi connectivity index (χ2n) is 5.71. The number of rotatable bonds is 3. The fourth-order valence-electron chi connectivity index (χ4n) is 2.62. The Morgan fingerprint density at radius 3 is 2.33 bits per heavy atom. The molecule has 0 radical (unpaired) electrons. The molecule has 1 aromatic rings. The van der Waals surface area contributed by atoms with Crippen molar-refractivity contribution in [2.45, 2.75) is 33.7 Å². The average molecular weight is 292 g/mol. The summed E-state index contributed by atoms with van der Waals surface area (Å²) in [4.78, 5) is 4.58. The predicted octanol–water partition coefficient (Wildman–Crippen LogP) is 0.718. The van der Waals surface area contributed by atoms with Gasteiger partial charge < -0.3 is 15.8 Å². The fraction of sp³-hybridized carbons (Fsp3) is 0.643. The van der Waals surface area contributed by atoms with Gasteiger partial charge in [-0.2, -0.15) is 5.10 Å². The van der Waals surface area contributed by atoms with Gasteiger partial charge in [0.1, 0.15) is 0 Å². The summed E-state index contributed by atoms with van der Waals surface area (Å²) in [5, 5.41) is 20.7. The first kappa shape index (κ1) is 15.5. The number of anilines is 1. The molecule has 0 bridgehead atoms. The molecule has 116 valence electrons. The van der Waals surface area contributed by atoms with E-state index in [1.54, 1.807) is 0 Å². The standard InChI is InChI=1S/C14H24N6O/c1-9(2)19-5-7-20(8-6-19)14-12(13(15)18-21)10(3)11(4)16-17-14/h9,21H,5-8H2,1-4H3,(H2,15,18). The lowest BCUT2D eigenvalue weighted by Crippen LogP contribution is -2.49. The molecule has 3 N–H and O–H groups in total. The molecule has 7 heteroatoms. The van der Waals surface area contributed by atoms with Crippen molar-refractivity contribution in [3.63, 3.8) is 0 Å². The number of hydrogen-bond acceptors (Lipinski definition) is 6. The summed E-state index contributed by atoms with van der Waals surface area (Å²) in [6.45, 7) is 11.9. The molecule has 1 aromatic heterocycles. The zero-order valence-corrected chi connectivity index (χ0v) is 13.2. The first-order valence-corrected chi connectivity index (χ1v) is 7.26. The lowest BCUT2D eigenvalue weighted by molar-refractivity contribution is 0.209. The van der Waals surface area contributed by atoms with Gasteiger partial charge in [-0.15, -0.1) is 5.10 Å². The minimum absolute atomic E-state index is 0.0896. The third-order valence-corrected chi connectivity index (χ3v) is 4.14. The molecule has 1 aliphatic heterocycles. The van der Waals surface area contributed by atoms with Crippen LogP contribution in [0.4, 0.5) is 5.82 Å². The highest BCUT2D eigenvalue weighted by molar-refractivity contribution is 6.02. The number of nitrogens with zero attached hydrogens (tertiary/aromatic N) is 5. The molecule has 2 heterocycles. The van der Waals surface area contributed by atoms with Gasteiger partial charge in [0, 0.05) is 32.2 Å². The van der Waals surface area contributed by atoms with Crippen molar-refractivity contribution < 1.29 is 5.21 Å². The number of aryl methyl sites for hydroxylation is 1. The molecule has 1 aliphatic rings. The first-order valence-electron chi connectivity index (χ1n) is 7.26. The van der Waals surface area contributed by atoms with E-state index >= 15 is 0 Å². The predicted molar refractivity (Wildman–Crippen MR) is 82.9 cm³/mol. The van der Waals surface area contributed by atoms with E-state index in [1.807, 2.05) is 13.8 Å². The van der Waals surface area contributed by atoms with E-state index < -0.39 is 0 Å². The third kappa shape index (κ3) is 3.07. The number of nitrogens with two attached hydrogens (primary N) is 1. The number of piperazine rings is 1. The molecule has 7 nitrogen and oxygen atoms in total. The van der Waals surface area contributed by atoms with Crippen molar-refractivity contribution in [3.05, 3.63) is 16.8 Å². The van der Waals surface area contributed by atoms with Crippen molar-refractivity contribution in [1.29, 1.82) is 0 Å². The van der Waals surface area contributed by atoms with Crippen LogP contribution in [0, 0.1) is 13.8 Å². The van der Waals surface area contributed by atoms with Crippen molar-refractivity contribution in [2.75, 3.05) is 31.1 Å². The Hall–Kier alpha value is -1.89. The normalized spacial score (nSPS) is 17.6. The van der Waals surface area contributed by atoms with Crippen LogP contribution in [0.3, 0.4) is 0 Å². The van der Waals surface area contributed by atoms with Gasteiger partial charge in [0.15, 0.2) is 11.7 Å². The number of amidine groups is 1. The van der Waals surface area contributed by atoms with Crippen LogP contribution in [-0.4, -0.2) is 58.4 Å². The SMILES string of the molecule is Cc1nnc(N2CCN(C(C)C)CC2)c(/C(N)=N/O)c1C. The van der Waals surface area contributed by atoms with E-state index in [4.69, 9.17) is 10.9 Å². The summed E-state index contributed by atoms with van der Waals surface area (Å²) < 4.78 is 0. The van der Waals surface area contributed by atoms with E-state index in [0.717, 1.165) is 37.4 Å². The molecule has 1 saturated heterocycles. The topological polar surface area (TPSA) is 90.9 Å². The van der Waals surface area contributed by atoms with Crippen molar-refractivity contribution in [3.8, 4) is 0 Å². The van der Waals surface area contributed by atoms with Gasteiger partial charge in [-0.25, -0.2) is 0 Å². The van der Waals surface area contributed by atoms with Crippen LogP contribution in [0.25, 0.3) is 0 Å². The molecular formula is C14H24N6O. The van der Waals surface area contributed by atoms with Crippen LogP contribution in [0.5, 0.6) is 0 Å². The maximum Gasteiger partial charge on any atom is 0.174 e. The summed E-state index contributed by atoms with van der Waals surface area (Å²) in [5.74, 6) is 0.795. The Bertz CT molecular complexity index is 535. The largest absolute Gasteiger partial charge is 0.409 e. The molecule has 0 atom stereocenters. The molecule has 2 rings (SSSR count). The Kier molecular flexibility index (Phi) is 4.62. The van der Waals surface area contributed by atoms with Gasteiger partial charge in [0.2, 0.25) is 0 Å². The molecule has 0 spiro atoms. The number of oxime groups is 1. The van der Waals surface area contributed by atoms with E-state index in [9.17, 15) is 0 Å². The molecular weight excluding hydrogens is 268 g/mol. The fourth-order valence-corrected chi connectivity index (χ4v) is 2.62. The van der Waals surface area contributed by atoms with E-state index in [1.165, 1.54) is 0 Å².